The van der Waals surface area contributed by atoms with Gasteiger partial charge >= 0.3 is 0 Å². The molecule has 0 saturated carbocycles. The molecule has 2 N–H and O–H groups in total. The Morgan fingerprint density at radius 1 is 1.38 bits per heavy atom. The zero-order chi connectivity index (χ0) is 17.3. The third kappa shape index (κ3) is 3.15. The molecule has 1 aromatic heterocycles. The summed E-state index contributed by atoms with van der Waals surface area (Å²) in [4.78, 5) is 27.8. The number of nitrogens with one attached hydrogen (secondary N) is 2. The maximum absolute atomic E-state index is 12.1. The van der Waals surface area contributed by atoms with Crippen LogP contribution in [0.3, 0.4) is 0 Å². The van der Waals surface area contributed by atoms with Crippen molar-refractivity contribution in [1.29, 1.82) is 0 Å². The number of aromatic nitrogens is 2. The monoisotopic (exact) mass is 327 g/mol. The molecule has 2 heterocycles. The number of fused-ring (bicyclic) bond motifs is 1. The smallest absolute Gasteiger partial charge is 0.267 e. The molecular formula is C17H21N5O2. The zero-order valence-electron chi connectivity index (χ0n) is 14.1. The highest BCUT2D eigenvalue weighted by atomic mass is 16.2. The molecule has 7 nitrogen and oxygen atoms in total. The number of aryl methyl sites for hydroxylation is 1. The molecule has 24 heavy (non-hydrogen) atoms. The van der Waals surface area contributed by atoms with Crippen molar-refractivity contribution in [2.45, 2.75) is 39.2 Å². The van der Waals surface area contributed by atoms with Crippen LogP contribution in [0.15, 0.2) is 23.3 Å². The second-order valence-electron chi connectivity index (χ2n) is 6.28. The average Bonchev–Trinajstić information content (AvgIpc) is 2.90. The van der Waals surface area contributed by atoms with E-state index in [-0.39, 0.29) is 11.8 Å². The fourth-order valence-corrected chi connectivity index (χ4v) is 2.81. The summed E-state index contributed by atoms with van der Waals surface area (Å²) >= 11 is 0. The molecule has 0 bridgehead atoms. The third-order valence-corrected chi connectivity index (χ3v) is 4.12. The minimum atomic E-state index is -0.251. The number of carbonyl (C=O) groups excluding carboxylic acids is 2. The van der Waals surface area contributed by atoms with E-state index < -0.39 is 0 Å². The van der Waals surface area contributed by atoms with E-state index in [1.54, 1.807) is 0 Å². The summed E-state index contributed by atoms with van der Waals surface area (Å²) in [7, 11) is 2.02. The van der Waals surface area contributed by atoms with Gasteiger partial charge in [-0.1, -0.05) is 19.9 Å². The van der Waals surface area contributed by atoms with Crippen LogP contribution >= 0.6 is 0 Å². The fraction of sp³-hybridized carbons (Fsp3) is 0.412. The molecule has 0 spiro atoms. The van der Waals surface area contributed by atoms with Gasteiger partial charge in [0.15, 0.2) is 0 Å². The Bertz CT molecular complexity index is 835. The van der Waals surface area contributed by atoms with E-state index in [4.69, 9.17) is 0 Å². The summed E-state index contributed by atoms with van der Waals surface area (Å²) < 4.78 is 2.10. The van der Waals surface area contributed by atoms with Gasteiger partial charge in [-0.25, -0.2) is 10.4 Å². The molecule has 0 atom stereocenters. The van der Waals surface area contributed by atoms with Crippen LogP contribution in [-0.4, -0.2) is 27.1 Å². The molecule has 7 heteroatoms. The van der Waals surface area contributed by atoms with Crippen molar-refractivity contribution in [2.24, 2.45) is 12.1 Å². The van der Waals surface area contributed by atoms with Crippen molar-refractivity contribution in [1.82, 2.24) is 20.3 Å². The molecule has 2 aromatic rings. The van der Waals surface area contributed by atoms with Crippen molar-refractivity contribution < 1.29 is 9.59 Å². The van der Waals surface area contributed by atoms with Gasteiger partial charge in [-0.15, -0.1) is 0 Å². The van der Waals surface area contributed by atoms with E-state index in [0.717, 1.165) is 22.4 Å². The van der Waals surface area contributed by atoms with Gasteiger partial charge in [-0.2, -0.15) is 5.10 Å². The van der Waals surface area contributed by atoms with Crippen molar-refractivity contribution in [3.05, 3.63) is 29.6 Å². The molecule has 0 aliphatic carbocycles. The van der Waals surface area contributed by atoms with E-state index in [1.165, 1.54) is 0 Å². The molecule has 0 unspecified atom stereocenters. The van der Waals surface area contributed by atoms with Crippen LogP contribution in [0, 0.1) is 0 Å². The summed E-state index contributed by atoms with van der Waals surface area (Å²) in [5.74, 6) is 0.982. The molecule has 1 aliphatic heterocycles. The first-order chi connectivity index (χ1) is 11.5. The lowest BCUT2D eigenvalue weighted by molar-refractivity contribution is -0.121. The van der Waals surface area contributed by atoms with Gasteiger partial charge in [0.2, 0.25) is 5.91 Å². The van der Waals surface area contributed by atoms with Crippen LogP contribution in [0.4, 0.5) is 0 Å². The van der Waals surface area contributed by atoms with Crippen LogP contribution in [0.2, 0.25) is 0 Å². The Morgan fingerprint density at radius 3 is 2.83 bits per heavy atom. The topological polar surface area (TPSA) is 88.4 Å². The lowest BCUT2D eigenvalue weighted by Gasteiger charge is -2.12. The van der Waals surface area contributed by atoms with E-state index in [2.05, 4.69) is 39.2 Å². The highest BCUT2D eigenvalue weighted by Crippen LogP contribution is 2.21. The predicted octanol–water partition coefficient (Wildman–Crippen LogP) is 1.58. The standard InChI is InChI=1S/C17H21N5O2/c1-10(2)16-19-13-8-11(4-6-14(13)22(16)3)9-18-17(24)12-5-7-15(23)21-20-12/h4,6,8,10H,5,7,9H2,1-3H3,(H,18,24)(H,21,23). The van der Waals surface area contributed by atoms with Crippen LogP contribution in [0.5, 0.6) is 0 Å². The van der Waals surface area contributed by atoms with Gasteiger partial charge in [0.25, 0.3) is 5.91 Å². The number of carbonyl (C=O) groups is 2. The van der Waals surface area contributed by atoms with Crippen LogP contribution in [0.1, 0.15) is 44.0 Å². The third-order valence-electron chi connectivity index (χ3n) is 4.12. The second-order valence-corrected chi connectivity index (χ2v) is 6.28. The van der Waals surface area contributed by atoms with Crippen LogP contribution < -0.4 is 10.7 Å². The minimum Gasteiger partial charge on any atom is -0.347 e. The molecule has 3 rings (SSSR count). The molecule has 1 aliphatic rings. The first kappa shape index (κ1) is 16.2. The lowest BCUT2D eigenvalue weighted by atomic mass is 10.1. The zero-order valence-corrected chi connectivity index (χ0v) is 14.1. The maximum Gasteiger partial charge on any atom is 0.267 e. The van der Waals surface area contributed by atoms with Crippen molar-refractivity contribution in [3.8, 4) is 0 Å². The fourth-order valence-electron chi connectivity index (χ4n) is 2.81. The molecular weight excluding hydrogens is 306 g/mol. The van der Waals surface area contributed by atoms with Gasteiger partial charge in [0.05, 0.1) is 11.0 Å². The number of rotatable bonds is 4. The summed E-state index contributed by atoms with van der Waals surface area (Å²) in [6.45, 7) is 4.63. The molecule has 2 amide bonds. The summed E-state index contributed by atoms with van der Waals surface area (Å²) in [5, 5.41) is 6.63. The highest BCUT2D eigenvalue weighted by Gasteiger charge is 2.18. The van der Waals surface area contributed by atoms with E-state index in [1.807, 2.05) is 25.2 Å². The maximum atomic E-state index is 12.1. The predicted molar refractivity (Wildman–Crippen MR) is 91.5 cm³/mol. The van der Waals surface area contributed by atoms with Gasteiger partial charge in [-0.3, -0.25) is 9.59 Å². The van der Waals surface area contributed by atoms with E-state index in [9.17, 15) is 9.59 Å². The SMILES string of the molecule is CC(C)c1nc2cc(CNC(=O)C3=NNC(=O)CC3)ccc2n1C. The van der Waals surface area contributed by atoms with Crippen molar-refractivity contribution >= 4 is 28.6 Å². The Morgan fingerprint density at radius 2 is 2.17 bits per heavy atom. The van der Waals surface area contributed by atoms with E-state index in [0.29, 0.717) is 31.0 Å². The largest absolute Gasteiger partial charge is 0.347 e. The number of hydrogen-bond donors (Lipinski definition) is 2. The Kier molecular flexibility index (Phi) is 4.33. The lowest BCUT2D eigenvalue weighted by Crippen LogP contribution is -2.36. The first-order valence-corrected chi connectivity index (χ1v) is 8.04. The minimum absolute atomic E-state index is 0.159. The normalized spacial score (nSPS) is 14.7. The van der Waals surface area contributed by atoms with Gasteiger partial charge in [0, 0.05) is 32.4 Å². The Balaban J connectivity index is 1.71. The van der Waals surface area contributed by atoms with Crippen molar-refractivity contribution in [3.63, 3.8) is 0 Å². The van der Waals surface area contributed by atoms with Crippen LogP contribution in [0.25, 0.3) is 11.0 Å². The molecule has 126 valence electrons. The number of benzene rings is 1. The molecule has 0 radical (unpaired) electrons. The van der Waals surface area contributed by atoms with Gasteiger partial charge in [-0.05, 0) is 17.7 Å². The van der Waals surface area contributed by atoms with Gasteiger partial charge in [0.1, 0.15) is 11.5 Å². The number of imidazole rings is 1. The summed E-state index contributed by atoms with van der Waals surface area (Å²) in [6, 6.07) is 6.00. The van der Waals surface area contributed by atoms with Gasteiger partial charge < -0.3 is 9.88 Å². The number of amides is 2. The number of nitrogens with zero attached hydrogens (tertiary/aromatic N) is 3. The Labute approximate surface area is 140 Å². The summed E-state index contributed by atoms with van der Waals surface area (Å²) in [6.07, 6.45) is 0.665. The second kappa shape index (κ2) is 6.43. The number of hydrazone groups is 1. The van der Waals surface area contributed by atoms with Crippen molar-refractivity contribution in [2.75, 3.05) is 0 Å². The molecule has 1 aromatic carbocycles. The average molecular weight is 327 g/mol. The van der Waals surface area contributed by atoms with Crippen LogP contribution in [-0.2, 0) is 23.2 Å². The van der Waals surface area contributed by atoms with E-state index >= 15 is 0 Å². The Hall–Kier alpha value is -2.70. The molecule has 0 saturated heterocycles. The quantitative estimate of drug-likeness (QED) is 0.893. The first-order valence-electron chi connectivity index (χ1n) is 8.04. The molecule has 0 fully saturated rings. The summed E-state index contributed by atoms with van der Waals surface area (Å²) in [5.41, 5.74) is 5.67. The highest BCUT2D eigenvalue weighted by molar-refractivity contribution is 6.39. The number of hydrogen-bond acceptors (Lipinski definition) is 4.